The lowest BCUT2D eigenvalue weighted by Crippen LogP contribution is -2.43. The number of nitrogens with zero attached hydrogens (tertiary/aromatic N) is 2. The summed E-state index contributed by atoms with van der Waals surface area (Å²) >= 11 is 0. The van der Waals surface area contributed by atoms with E-state index in [1.165, 1.54) is 24.3 Å². The minimum absolute atomic E-state index is 0.00127. The van der Waals surface area contributed by atoms with Gasteiger partial charge in [-0.25, -0.2) is 0 Å². The van der Waals surface area contributed by atoms with E-state index in [1.54, 1.807) is 24.3 Å². The van der Waals surface area contributed by atoms with Crippen LogP contribution in [0.5, 0.6) is 0 Å². The van der Waals surface area contributed by atoms with Crippen molar-refractivity contribution in [3.05, 3.63) is 141 Å². The first kappa shape index (κ1) is 23.8. The van der Waals surface area contributed by atoms with Crippen LogP contribution >= 0.6 is 7.92 Å². The van der Waals surface area contributed by atoms with E-state index in [-0.39, 0.29) is 11.4 Å². The molecule has 0 aromatic heterocycles. The lowest BCUT2D eigenvalue weighted by Gasteiger charge is -2.42. The Bertz CT molecular complexity index is 1290. The van der Waals surface area contributed by atoms with Crippen LogP contribution in [-0.4, -0.2) is 17.0 Å². The Kier molecular flexibility index (Phi) is 6.87. The van der Waals surface area contributed by atoms with E-state index in [2.05, 4.69) is 0 Å². The molecule has 1 aliphatic rings. The predicted octanol–water partition coefficient (Wildman–Crippen LogP) is 5.45. The maximum absolute atomic E-state index is 11.2. The highest BCUT2D eigenvalue weighted by molar-refractivity contribution is 7.66. The topological polar surface area (TPSA) is 105 Å². The van der Waals surface area contributed by atoms with Crippen LogP contribution in [0.3, 0.4) is 0 Å². The average Bonchev–Trinajstić information content (AvgIpc) is 2.93. The van der Waals surface area contributed by atoms with Gasteiger partial charge in [0.05, 0.1) is 21.5 Å². The van der Waals surface area contributed by atoms with Crippen molar-refractivity contribution in [3.8, 4) is 0 Å². The van der Waals surface area contributed by atoms with Crippen LogP contribution in [-0.2, 0) is 9.31 Å². The van der Waals surface area contributed by atoms with E-state index in [0.717, 1.165) is 21.9 Å². The van der Waals surface area contributed by atoms with Gasteiger partial charge in [0, 0.05) is 24.3 Å². The van der Waals surface area contributed by atoms with Crippen molar-refractivity contribution < 1.29 is 19.2 Å². The maximum atomic E-state index is 11.2. The molecule has 0 spiro atoms. The third-order valence-corrected chi connectivity index (χ3v) is 8.66. The number of rotatable bonds is 6. The van der Waals surface area contributed by atoms with E-state index in [9.17, 15) is 20.2 Å². The molecule has 178 valence electrons. The fourth-order valence-electron chi connectivity index (χ4n) is 4.16. The van der Waals surface area contributed by atoms with E-state index >= 15 is 0 Å². The van der Waals surface area contributed by atoms with Gasteiger partial charge in [0.1, 0.15) is 0 Å². The minimum atomic E-state index is -1.20. The molecule has 1 fully saturated rings. The second kappa shape index (κ2) is 10.4. The molecule has 0 saturated carbocycles. The van der Waals surface area contributed by atoms with Crippen molar-refractivity contribution in [2.45, 2.75) is 11.7 Å². The smallest absolute Gasteiger partial charge is 0.396 e. The summed E-state index contributed by atoms with van der Waals surface area (Å²) < 4.78 is 13.1. The average molecular weight is 498 g/mol. The first-order valence-corrected chi connectivity index (χ1v) is 12.7. The van der Waals surface area contributed by atoms with Crippen molar-refractivity contribution >= 4 is 37.2 Å². The first-order valence-electron chi connectivity index (χ1n) is 11.2. The van der Waals surface area contributed by atoms with Crippen LogP contribution in [0.4, 0.5) is 11.4 Å². The van der Waals surface area contributed by atoms with Gasteiger partial charge in [-0.15, -0.1) is 0 Å². The van der Waals surface area contributed by atoms with Crippen LogP contribution in [0.1, 0.15) is 22.8 Å². The number of non-ortho nitro benzene ring substituents is 2. The fourth-order valence-corrected chi connectivity index (χ4v) is 6.93. The van der Waals surface area contributed by atoms with E-state index in [1.807, 2.05) is 60.7 Å². The van der Waals surface area contributed by atoms with E-state index in [4.69, 9.17) is 9.31 Å². The Morgan fingerprint density at radius 3 is 1.44 bits per heavy atom. The van der Waals surface area contributed by atoms with Crippen LogP contribution in [0.2, 0.25) is 0 Å². The molecule has 4 aromatic carbocycles. The van der Waals surface area contributed by atoms with Crippen molar-refractivity contribution in [1.29, 1.82) is 0 Å². The molecule has 0 N–H and O–H groups in total. The molecule has 4 aromatic rings. The number of hydrogen-bond donors (Lipinski definition) is 0. The molecule has 2 unspecified atom stereocenters. The van der Waals surface area contributed by atoms with Crippen LogP contribution in [0.15, 0.2) is 109 Å². The Hall–Kier alpha value is -3.91. The lowest BCUT2D eigenvalue weighted by molar-refractivity contribution is -0.385. The molecule has 1 heterocycles. The van der Waals surface area contributed by atoms with E-state index in [0.29, 0.717) is 0 Å². The highest BCUT2D eigenvalue weighted by Crippen LogP contribution is 2.64. The minimum Gasteiger partial charge on any atom is -0.396 e. The Labute approximate surface area is 208 Å². The quantitative estimate of drug-likeness (QED) is 0.152. The summed E-state index contributed by atoms with van der Waals surface area (Å²) in [6.07, 6.45) is 0. The number of hydrogen-bond acceptors (Lipinski definition) is 6. The second-order valence-corrected chi connectivity index (χ2v) is 10.4. The van der Waals surface area contributed by atoms with Gasteiger partial charge < -0.3 is 9.31 Å². The standard InChI is InChI=1S/C26H20BN2O6P/c30-28(31)22-15-11-19(12-16-22)25-34-27(21-7-3-1-4-8-21)35-26(36(25)24-9-5-2-6-10-24)20-13-17-23(18-14-20)29(32)33/h1-18,25-26H. The predicted molar refractivity (Wildman–Crippen MR) is 139 cm³/mol. The van der Waals surface area contributed by atoms with Crippen molar-refractivity contribution in [1.82, 2.24) is 0 Å². The summed E-state index contributed by atoms with van der Waals surface area (Å²) in [6.45, 7) is 0. The Morgan fingerprint density at radius 2 is 1.03 bits per heavy atom. The number of nitro groups is 2. The first-order chi connectivity index (χ1) is 17.5. The summed E-state index contributed by atoms with van der Waals surface area (Å²) in [5, 5.41) is 23.5. The molecule has 0 amide bonds. The lowest BCUT2D eigenvalue weighted by atomic mass is 9.78. The summed E-state index contributed by atoms with van der Waals surface area (Å²) in [4.78, 5) is 21.6. The molecule has 0 aliphatic carbocycles. The van der Waals surface area contributed by atoms with Crippen molar-refractivity contribution in [2.75, 3.05) is 0 Å². The van der Waals surface area contributed by atoms with Gasteiger partial charge in [-0.05, 0) is 54.1 Å². The third-order valence-electron chi connectivity index (χ3n) is 5.91. The molecule has 36 heavy (non-hydrogen) atoms. The molecule has 0 radical (unpaired) electrons. The normalized spacial score (nSPS) is 19.6. The highest BCUT2D eigenvalue weighted by atomic mass is 31.1. The molecular formula is C26H20BN2O6P. The monoisotopic (exact) mass is 498 g/mol. The molecule has 8 nitrogen and oxygen atoms in total. The summed E-state index contributed by atoms with van der Waals surface area (Å²) in [6, 6.07) is 32.2. The molecule has 1 aliphatic heterocycles. The zero-order valence-electron chi connectivity index (χ0n) is 18.9. The van der Waals surface area contributed by atoms with Gasteiger partial charge in [-0.3, -0.25) is 20.2 Å². The zero-order chi connectivity index (χ0) is 25.1. The van der Waals surface area contributed by atoms with Crippen molar-refractivity contribution in [3.63, 3.8) is 0 Å². The summed E-state index contributed by atoms with van der Waals surface area (Å²) in [7, 11) is -1.90. The second-order valence-electron chi connectivity index (χ2n) is 8.16. The number of nitro benzene ring substituents is 2. The molecular weight excluding hydrogens is 478 g/mol. The largest absolute Gasteiger partial charge is 0.495 e. The summed E-state index contributed by atoms with van der Waals surface area (Å²) in [5.41, 5.74) is 2.43. The molecule has 5 rings (SSSR count). The van der Waals surface area contributed by atoms with Gasteiger partial charge >= 0.3 is 7.12 Å². The fraction of sp³-hybridized carbons (Fsp3) is 0.0769. The zero-order valence-corrected chi connectivity index (χ0v) is 19.8. The van der Waals surface area contributed by atoms with Crippen molar-refractivity contribution in [2.24, 2.45) is 0 Å². The Morgan fingerprint density at radius 1 is 0.611 bits per heavy atom. The van der Waals surface area contributed by atoms with Gasteiger partial charge in [0.25, 0.3) is 11.4 Å². The molecule has 1 saturated heterocycles. The van der Waals surface area contributed by atoms with Gasteiger partial charge in [0.15, 0.2) is 0 Å². The molecule has 10 heteroatoms. The summed E-state index contributed by atoms with van der Waals surface area (Å²) in [5.74, 6) is -0.885. The van der Waals surface area contributed by atoms with Gasteiger partial charge in [-0.2, -0.15) is 0 Å². The van der Waals surface area contributed by atoms with Crippen LogP contribution in [0.25, 0.3) is 0 Å². The van der Waals surface area contributed by atoms with Gasteiger partial charge in [0.2, 0.25) is 0 Å². The van der Waals surface area contributed by atoms with Gasteiger partial charge in [-0.1, -0.05) is 60.7 Å². The molecule has 0 bridgehead atoms. The highest BCUT2D eigenvalue weighted by Gasteiger charge is 2.44. The Balaban J connectivity index is 1.63. The SMILES string of the molecule is O=[N+]([O-])c1ccc(C2OB(c3ccccc3)OC(c3ccc([N+](=O)[O-])cc3)P2c2ccccc2)cc1. The molecule has 2 atom stereocenters. The van der Waals surface area contributed by atoms with E-state index < -0.39 is 36.6 Å². The number of benzene rings is 4. The van der Waals surface area contributed by atoms with Crippen LogP contribution in [0, 0.1) is 20.2 Å². The van der Waals surface area contributed by atoms with Crippen LogP contribution < -0.4 is 10.8 Å². The third kappa shape index (κ3) is 4.90. The maximum Gasteiger partial charge on any atom is 0.495 e.